The van der Waals surface area contributed by atoms with Crippen molar-refractivity contribution in [2.45, 2.75) is 44.9 Å². The molecule has 2 heterocycles. The van der Waals surface area contributed by atoms with Gasteiger partial charge in [0.05, 0.1) is 11.6 Å². The number of halogens is 3. The lowest BCUT2D eigenvalue weighted by Crippen LogP contribution is -2.52. The van der Waals surface area contributed by atoms with E-state index < -0.39 is 11.7 Å². The van der Waals surface area contributed by atoms with E-state index in [1.165, 1.54) is 6.07 Å². The summed E-state index contributed by atoms with van der Waals surface area (Å²) in [4.78, 5) is 18.2. The van der Waals surface area contributed by atoms with Gasteiger partial charge in [0.1, 0.15) is 5.82 Å². The molecule has 8 heteroatoms. The highest BCUT2D eigenvalue weighted by Crippen LogP contribution is 2.40. The van der Waals surface area contributed by atoms with Crippen LogP contribution in [0.4, 0.5) is 19.0 Å². The van der Waals surface area contributed by atoms with Gasteiger partial charge in [-0.25, -0.2) is 4.98 Å². The number of carbonyl (C=O) groups excluding carboxylic acids is 1. The molecule has 0 unspecified atom stereocenters. The number of hydrogen-bond donors (Lipinski definition) is 2. The number of alkyl halides is 3. The van der Waals surface area contributed by atoms with Crippen molar-refractivity contribution in [2.75, 3.05) is 25.0 Å². The standard InChI is InChI=1S/C19H27F3N4O/c1-11(2)17(18(27)23-3)25-15-6-4-12-9-26(10-14(12)15)16-7-5-13(8-24-16)19(20,21)22/h5,7-8,11-12,14-15,17,25H,4,6,9-10H2,1-3H3,(H,23,27)/t12-,14+,15+,17+/m1/s1. The minimum absolute atomic E-state index is 0.00675. The minimum Gasteiger partial charge on any atom is -0.358 e. The number of fused-ring (bicyclic) bond motifs is 1. The van der Waals surface area contributed by atoms with Crippen LogP contribution < -0.4 is 15.5 Å². The number of nitrogens with zero attached hydrogens (tertiary/aromatic N) is 2. The van der Waals surface area contributed by atoms with Gasteiger partial charge in [-0.15, -0.1) is 0 Å². The van der Waals surface area contributed by atoms with E-state index in [1.54, 1.807) is 7.05 Å². The topological polar surface area (TPSA) is 57.3 Å². The first-order chi connectivity index (χ1) is 12.7. The van der Waals surface area contributed by atoms with E-state index in [2.05, 4.69) is 20.5 Å². The van der Waals surface area contributed by atoms with E-state index in [-0.39, 0.29) is 23.9 Å². The van der Waals surface area contributed by atoms with Gasteiger partial charge in [0.2, 0.25) is 5.91 Å². The second-order valence-electron chi connectivity index (χ2n) is 7.92. The Morgan fingerprint density at radius 1 is 1.26 bits per heavy atom. The Labute approximate surface area is 157 Å². The number of carbonyl (C=O) groups is 1. The second kappa shape index (κ2) is 7.66. The molecular formula is C19H27F3N4O. The van der Waals surface area contributed by atoms with Gasteiger partial charge >= 0.3 is 6.18 Å². The van der Waals surface area contributed by atoms with E-state index in [9.17, 15) is 18.0 Å². The van der Waals surface area contributed by atoms with Crippen LogP contribution >= 0.6 is 0 Å². The van der Waals surface area contributed by atoms with Crippen LogP contribution in [0.2, 0.25) is 0 Å². The Kier molecular flexibility index (Phi) is 5.65. The summed E-state index contributed by atoms with van der Waals surface area (Å²) in [6, 6.07) is 2.54. The maximum Gasteiger partial charge on any atom is 0.417 e. The lowest BCUT2D eigenvalue weighted by Gasteiger charge is -2.28. The van der Waals surface area contributed by atoms with E-state index in [0.717, 1.165) is 38.2 Å². The van der Waals surface area contributed by atoms with Crippen LogP contribution in [0.3, 0.4) is 0 Å². The molecule has 2 N–H and O–H groups in total. The summed E-state index contributed by atoms with van der Waals surface area (Å²) in [6.45, 7) is 5.59. The van der Waals surface area contributed by atoms with Gasteiger partial charge in [-0.1, -0.05) is 13.8 Å². The van der Waals surface area contributed by atoms with Crippen LogP contribution in [0.25, 0.3) is 0 Å². The molecule has 1 saturated carbocycles. The molecule has 0 radical (unpaired) electrons. The van der Waals surface area contributed by atoms with E-state index in [1.807, 2.05) is 13.8 Å². The summed E-state index contributed by atoms with van der Waals surface area (Å²) >= 11 is 0. The van der Waals surface area contributed by atoms with Gasteiger partial charge in [0.25, 0.3) is 0 Å². The van der Waals surface area contributed by atoms with Gasteiger partial charge in [0.15, 0.2) is 0 Å². The lowest BCUT2D eigenvalue weighted by molar-refractivity contribution is -0.137. The highest BCUT2D eigenvalue weighted by atomic mass is 19.4. The Hall–Kier alpha value is -1.83. The number of hydrogen-bond acceptors (Lipinski definition) is 4. The second-order valence-corrected chi connectivity index (χ2v) is 7.92. The number of likely N-dealkylation sites (N-methyl/N-ethyl adjacent to an activating group) is 1. The number of anilines is 1. The molecule has 3 rings (SSSR count). The monoisotopic (exact) mass is 384 g/mol. The molecule has 0 spiro atoms. The summed E-state index contributed by atoms with van der Waals surface area (Å²) in [5.41, 5.74) is -0.726. The third-order valence-corrected chi connectivity index (χ3v) is 5.85. The number of nitrogens with one attached hydrogen (secondary N) is 2. The third kappa shape index (κ3) is 4.20. The number of pyridine rings is 1. The summed E-state index contributed by atoms with van der Waals surface area (Å²) in [5.74, 6) is 1.61. The van der Waals surface area contributed by atoms with Gasteiger partial charge < -0.3 is 15.5 Å². The van der Waals surface area contributed by atoms with Crippen molar-refractivity contribution < 1.29 is 18.0 Å². The van der Waals surface area contributed by atoms with E-state index in [4.69, 9.17) is 0 Å². The molecule has 2 aliphatic rings. The average Bonchev–Trinajstić information content (AvgIpc) is 3.19. The predicted octanol–water partition coefficient (Wildman–Crippen LogP) is 2.68. The van der Waals surface area contributed by atoms with Crippen LogP contribution in [-0.4, -0.2) is 43.1 Å². The Bertz CT molecular complexity index is 662. The predicted molar refractivity (Wildman–Crippen MR) is 97.3 cm³/mol. The quantitative estimate of drug-likeness (QED) is 0.820. The van der Waals surface area contributed by atoms with Gasteiger partial charge in [-0.3, -0.25) is 4.79 Å². The van der Waals surface area contributed by atoms with Crippen LogP contribution in [0.1, 0.15) is 32.3 Å². The normalized spacial score (nSPS) is 26.3. The fourth-order valence-corrected chi connectivity index (χ4v) is 4.36. The van der Waals surface area contributed by atoms with E-state index >= 15 is 0 Å². The van der Waals surface area contributed by atoms with E-state index in [0.29, 0.717) is 17.7 Å². The van der Waals surface area contributed by atoms with Gasteiger partial charge in [-0.05, 0) is 42.7 Å². The minimum atomic E-state index is -4.37. The van der Waals surface area contributed by atoms with Crippen molar-refractivity contribution in [1.82, 2.24) is 15.6 Å². The smallest absolute Gasteiger partial charge is 0.358 e. The van der Waals surface area contributed by atoms with Crippen molar-refractivity contribution in [1.29, 1.82) is 0 Å². The Balaban J connectivity index is 1.66. The fourth-order valence-electron chi connectivity index (χ4n) is 4.36. The summed E-state index contributed by atoms with van der Waals surface area (Å²) in [5, 5.41) is 6.25. The number of amides is 1. The SMILES string of the molecule is CNC(=O)[C@@H](N[C@H]1CC[C@@H]2CN(c3ccc(C(F)(F)F)cn3)C[C@@H]21)C(C)C. The molecule has 27 heavy (non-hydrogen) atoms. The first-order valence-corrected chi connectivity index (χ1v) is 9.46. The van der Waals surface area contributed by atoms with Crippen molar-refractivity contribution in [2.24, 2.45) is 17.8 Å². The van der Waals surface area contributed by atoms with Gasteiger partial charge in [0, 0.05) is 32.4 Å². The molecule has 0 aromatic carbocycles. The zero-order valence-corrected chi connectivity index (χ0v) is 15.9. The first-order valence-electron chi connectivity index (χ1n) is 9.46. The zero-order chi connectivity index (χ0) is 19.8. The van der Waals surface area contributed by atoms with Crippen LogP contribution in [0.15, 0.2) is 18.3 Å². The number of aromatic nitrogens is 1. The van der Waals surface area contributed by atoms with Crippen LogP contribution in [-0.2, 0) is 11.0 Å². The molecule has 1 aliphatic carbocycles. The summed E-state index contributed by atoms with van der Waals surface area (Å²) < 4.78 is 38.2. The Morgan fingerprint density at radius 3 is 2.56 bits per heavy atom. The third-order valence-electron chi connectivity index (χ3n) is 5.85. The molecule has 1 aromatic heterocycles. The van der Waals surface area contributed by atoms with Crippen molar-refractivity contribution >= 4 is 11.7 Å². The van der Waals surface area contributed by atoms with Crippen LogP contribution in [0.5, 0.6) is 0 Å². The maximum absolute atomic E-state index is 12.7. The van der Waals surface area contributed by atoms with Crippen molar-refractivity contribution in [3.63, 3.8) is 0 Å². The van der Waals surface area contributed by atoms with Crippen molar-refractivity contribution in [3.8, 4) is 0 Å². The lowest BCUT2D eigenvalue weighted by atomic mass is 9.95. The molecule has 5 nitrogen and oxygen atoms in total. The van der Waals surface area contributed by atoms with Crippen LogP contribution in [0, 0.1) is 17.8 Å². The molecule has 1 aromatic rings. The zero-order valence-electron chi connectivity index (χ0n) is 15.9. The number of rotatable bonds is 5. The molecule has 1 amide bonds. The molecule has 2 fully saturated rings. The largest absolute Gasteiger partial charge is 0.417 e. The highest BCUT2D eigenvalue weighted by molar-refractivity contribution is 5.81. The molecule has 150 valence electrons. The molecule has 1 saturated heterocycles. The molecule has 4 atom stereocenters. The fraction of sp³-hybridized carbons (Fsp3) is 0.684. The molecule has 1 aliphatic heterocycles. The first kappa shape index (κ1) is 19.9. The van der Waals surface area contributed by atoms with Gasteiger partial charge in [-0.2, -0.15) is 13.2 Å². The summed E-state index contributed by atoms with van der Waals surface area (Å²) in [6.07, 6.45) is -1.39. The molecule has 0 bridgehead atoms. The molecular weight excluding hydrogens is 357 g/mol. The Morgan fingerprint density at radius 2 is 2.00 bits per heavy atom. The highest BCUT2D eigenvalue weighted by Gasteiger charge is 2.44. The maximum atomic E-state index is 12.7. The van der Waals surface area contributed by atoms with Crippen molar-refractivity contribution in [3.05, 3.63) is 23.9 Å². The summed E-state index contributed by atoms with van der Waals surface area (Å²) in [7, 11) is 1.64. The average molecular weight is 384 g/mol.